The SMILES string of the molecule is CC1(NC(=O)c2cc(F)cc([N+](=O)[O-])c2N)CCCC1. The molecule has 108 valence electrons. The lowest BCUT2D eigenvalue weighted by molar-refractivity contribution is -0.384. The lowest BCUT2D eigenvalue weighted by Crippen LogP contribution is -2.43. The molecule has 0 unspecified atom stereocenters. The Hall–Kier alpha value is -2.18. The Bertz CT molecular complexity index is 568. The number of carbonyl (C=O) groups excluding carboxylic acids is 1. The fourth-order valence-corrected chi connectivity index (χ4v) is 2.56. The summed E-state index contributed by atoms with van der Waals surface area (Å²) in [5.74, 6) is -1.43. The van der Waals surface area contributed by atoms with Crippen molar-refractivity contribution in [2.24, 2.45) is 0 Å². The van der Waals surface area contributed by atoms with Crippen molar-refractivity contribution in [3.63, 3.8) is 0 Å². The zero-order valence-electron chi connectivity index (χ0n) is 11.1. The molecule has 1 saturated carbocycles. The fraction of sp³-hybridized carbons (Fsp3) is 0.462. The molecule has 20 heavy (non-hydrogen) atoms. The summed E-state index contributed by atoms with van der Waals surface area (Å²) in [4.78, 5) is 22.2. The van der Waals surface area contributed by atoms with Gasteiger partial charge in [-0.25, -0.2) is 4.39 Å². The Morgan fingerprint density at radius 3 is 2.60 bits per heavy atom. The molecule has 6 nitrogen and oxygen atoms in total. The number of rotatable bonds is 3. The third kappa shape index (κ3) is 2.71. The van der Waals surface area contributed by atoms with Gasteiger partial charge >= 0.3 is 0 Å². The Morgan fingerprint density at radius 1 is 1.45 bits per heavy atom. The second-order valence-corrected chi connectivity index (χ2v) is 5.37. The van der Waals surface area contributed by atoms with E-state index in [0.29, 0.717) is 6.07 Å². The highest BCUT2D eigenvalue weighted by Gasteiger charge is 2.32. The van der Waals surface area contributed by atoms with Crippen molar-refractivity contribution in [2.45, 2.75) is 38.1 Å². The lowest BCUT2D eigenvalue weighted by atomic mass is 9.99. The molecule has 3 N–H and O–H groups in total. The molecule has 0 aliphatic heterocycles. The molecule has 0 saturated heterocycles. The molecule has 1 aromatic rings. The molecule has 0 aromatic heterocycles. The van der Waals surface area contributed by atoms with Gasteiger partial charge in [0.2, 0.25) is 0 Å². The van der Waals surface area contributed by atoms with Crippen LogP contribution in [0.3, 0.4) is 0 Å². The molecule has 1 aliphatic carbocycles. The summed E-state index contributed by atoms with van der Waals surface area (Å²) in [6, 6.07) is 1.64. The van der Waals surface area contributed by atoms with Gasteiger partial charge in [0.15, 0.2) is 0 Å². The van der Waals surface area contributed by atoms with Gasteiger partial charge in [-0.1, -0.05) is 12.8 Å². The van der Waals surface area contributed by atoms with Crippen LogP contribution in [0.15, 0.2) is 12.1 Å². The van der Waals surface area contributed by atoms with Gasteiger partial charge < -0.3 is 11.1 Å². The van der Waals surface area contributed by atoms with E-state index in [0.717, 1.165) is 31.7 Å². The molecule has 0 heterocycles. The Kier molecular flexibility index (Phi) is 3.61. The van der Waals surface area contributed by atoms with E-state index in [9.17, 15) is 19.3 Å². The van der Waals surface area contributed by atoms with E-state index in [1.54, 1.807) is 0 Å². The molecule has 0 spiro atoms. The number of nitrogens with two attached hydrogens (primary N) is 1. The molecule has 7 heteroatoms. The highest BCUT2D eigenvalue weighted by atomic mass is 19.1. The van der Waals surface area contributed by atoms with E-state index in [1.165, 1.54) is 0 Å². The van der Waals surface area contributed by atoms with E-state index in [1.807, 2.05) is 6.92 Å². The van der Waals surface area contributed by atoms with Crippen molar-refractivity contribution in [3.05, 3.63) is 33.6 Å². The van der Waals surface area contributed by atoms with E-state index in [-0.39, 0.29) is 16.8 Å². The van der Waals surface area contributed by atoms with Gasteiger partial charge in [-0.3, -0.25) is 14.9 Å². The standard InChI is InChI=1S/C13H16FN3O3/c1-13(4-2-3-5-13)16-12(18)9-6-8(14)7-10(11(9)15)17(19)20/h6-7H,2-5,15H2,1H3,(H,16,18). The second kappa shape index (κ2) is 5.07. The topological polar surface area (TPSA) is 98.3 Å². The summed E-state index contributed by atoms with van der Waals surface area (Å²) >= 11 is 0. The van der Waals surface area contributed by atoms with Crippen LogP contribution in [-0.4, -0.2) is 16.4 Å². The minimum Gasteiger partial charge on any atom is -0.393 e. The summed E-state index contributed by atoms with van der Waals surface area (Å²) in [5, 5.41) is 13.6. The number of nitrogen functional groups attached to an aromatic ring is 1. The van der Waals surface area contributed by atoms with E-state index >= 15 is 0 Å². The number of hydrogen-bond acceptors (Lipinski definition) is 4. The Labute approximate surface area is 115 Å². The molecule has 0 bridgehead atoms. The van der Waals surface area contributed by atoms with E-state index in [4.69, 9.17) is 5.73 Å². The van der Waals surface area contributed by atoms with Gasteiger partial charge in [0.1, 0.15) is 11.5 Å². The van der Waals surface area contributed by atoms with E-state index < -0.39 is 22.3 Å². The first kappa shape index (κ1) is 14.2. The normalized spacial score (nSPS) is 16.9. The summed E-state index contributed by atoms with van der Waals surface area (Å²) in [6.07, 6.45) is 3.68. The van der Waals surface area contributed by atoms with Crippen molar-refractivity contribution in [1.82, 2.24) is 5.32 Å². The monoisotopic (exact) mass is 281 g/mol. The highest BCUT2D eigenvalue weighted by molar-refractivity contribution is 6.01. The number of nitro groups is 1. The zero-order chi connectivity index (χ0) is 14.9. The van der Waals surface area contributed by atoms with Crippen molar-refractivity contribution in [1.29, 1.82) is 0 Å². The van der Waals surface area contributed by atoms with Crippen LogP contribution in [0.4, 0.5) is 15.8 Å². The number of carbonyl (C=O) groups is 1. The number of amides is 1. The van der Waals surface area contributed by atoms with Gasteiger partial charge in [-0.2, -0.15) is 0 Å². The maximum atomic E-state index is 13.4. The van der Waals surface area contributed by atoms with Gasteiger partial charge in [-0.15, -0.1) is 0 Å². The third-order valence-corrected chi connectivity index (χ3v) is 3.69. The van der Waals surface area contributed by atoms with Gasteiger partial charge in [-0.05, 0) is 25.8 Å². The summed E-state index contributed by atoms with van der Waals surface area (Å²) in [5.41, 5.74) is 4.16. The average molecular weight is 281 g/mol. The zero-order valence-corrected chi connectivity index (χ0v) is 11.1. The summed E-state index contributed by atoms with van der Waals surface area (Å²) < 4.78 is 13.4. The van der Waals surface area contributed by atoms with Crippen LogP contribution >= 0.6 is 0 Å². The van der Waals surface area contributed by atoms with Crippen LogP contribution in [0.1, 0.15) is 43.0 Å². The van der Waals surface area contributed by atoms with Crippen molar-refractivity contribution < 1.29 is 14.1 Å². The summed E-state index contributed by atoms with van der Waals surface area (Å²) in [7, 11) is 0. The molecule has 0 atom stereocenters. The first-order valence-electron chi connectivity index (χ1n) is 6.38. The van der Waals surface area contributed by atoms with Crippen molar-refractivity contribution >= 4 is 17.3 Å². The smallest absolute Gasteiger partial charge is 0.295 e. The molecule has 1 amide bonds. The minimum absolute atomic E-state index is 0.190. The van der Waals surface area contributed by atoms with Gasteiger partial charge in [0, 0.05) is 5.54 Å². The number of nitrogens with one attached hydrogen (secondary N) is 1. The molecule has 1 fully saturated rings. The van der Waals surface area contributed by atoms with Crippen LogP contribution in [-0.2, 0) is 0 Å². The van der Waals surface area contributed by atoms with E-state index in [2.05, 4.69) is 5.32 Å². The largest absolute Gasteiger partial charge is 0.393 e. The van der Waals surface area contributed by atoms with Gasteiger partial charge in [0.25, 0.3) is 11.6 Å². The molecular weight excluding hydrogens is 265 g/mol. The Balaban J connectivity index is 2.32. The average Bonchev–Trinajstić information content (AvgIpc) is 2.77. The van der Waals surface area contributed by atoms with Crippen LogP contribution in [0, 0.1) is 15.9 Å². The molecule has 0 radical (unpaired) electrons. The minimum atomic E-state index is -0.854. The van der Waals surface area contributed by atoms with Crippen LogP contribution in [0.5, 0.6) is 0 Å². The maximum Gasteiger partial charge on any atom is 0.295 e. The van der Waals surface area contributed by atoms with Crippen molar-refractivity contribution in [3.8, 4) is 0 Å². The van der Waals surface area contributed by atoms with Crippen LogP contribution in [0.2, 0.25) is 0 Å². The van der Waals surface area contributed by atoms with Gasteiger partial charge in [0.05, 0.1) is 16.6 Å². The number of hydrogen-bond donors (Lipinski definition) is 2. The second-order valence-electron chi connectivity index (χ2n) is 5.37. The molecule has 1 aromatic carbocycles. The number of benzene rings is 1. The molecule has 1 aliphatic rings. The number of nitrogens with zero attached hydrogens (tertiary/aromatic N) is 1. The number of nitro benzene ring substituents is 1. The number of halogens is 1. The quantitative estimate of drug-likeness (QED) is 0.505. The molecular formula is C13H16FN3O3. The maximum absolute atomic E-state index is 13.4. The molecule has 2 rings (SSSR count). The van der Waals surface area contributed by atoms with Crippen LogP contribution < -0.4 is 11.1 Å². The predicted molar refractivity (Wildman–Crippen MR) is 71.8 cm³/mol. The Morgan fingerprint density at radius 2 is 2.05 bits per heavy atom. The first-order chi connectivity index (χ1) is 9.32. The predicted octanol–water partition coefficient (Wildman–Crippen LogP) is 2.38. The first-order valence-corrected chi connectivity index (χ1v) is 6.38. The summed E-state index contributed by atoms with van der Waals surface area (Å²) in [6.45, 7) is 1.90. The van der Waals surface area contributed by atoms with Crippen LogP contribution in [0.25, 0.3) is 0 Å². The fourth-order valence-electron chi connectivity index (χ4n) is 2.56. The van der Waals surface area contributed by atoms with Crippen molar-refractivity contribution in [2.75, 3.05) is 5.73 Å². The number of anilines is 1. The lowest BCUT2D eigenvalue weighted by Gasteiger charge is -2.25. The highest BCUT2D eigenvalue weighted by Crippen LogP contribution is 2.31. The third-order valence-electron chi connectivity index (χ3n) is 3.69.